The third-order valence-electron chi connectivity index (χ3n) is 4.74. The van der Waals surface area contributed by atoms with Gasteiger partial charge in [-0.25, -0.2) is 0 Å². The van der Waals surface area contributed by atoms with E-state index in [1.807, 2.05) is 11.3 Å². The number of nitrogens with one attached hydrogen (secondary N) is 2. The highest BCUT2D eigenvalue weighted by atomic mass is 127. The lowest BCUT2D eigenvalue weighted by Crippen LogP contribution is -2.40. The van der Waals surface area contributed by atoms with Crippen molar-refractivity contribution in [3.8, 4) is 0 Å². The summed E-state index contributed by atoms with van der Waals surface area (Å²) in [6.45, 7) is 8.39. The Hall–Kier alpha value is -0.340. The van der Waals surface area contributed by atoms with Crippen molar-refractivity contribution in [3.05, 3.63) is 22.4 Å². The molecule has 144 valence electrons. The number of aliphatic imine (C=N–C) groups is 1. The molecule has 1 fully saturated rings. The molecule has 1 aromatic heterocycles. The topological polar surface area (TPSA) is 39.7 Å². The Morgan fingerprint density at radius 3 is 2.84 bits per heavy atom. The van der Waals surface area contributed by atoms with E-state index < -0.39 is 0 Å². The summed E-state index contributed by atoms with van der Waals surface area (Å²) in [7, 11) is 2.26. The average molecular weight is 478 g/mol. The lowest BCUT2D eigenvalue weighted by molar-refractivity contribution is 0.128. The van der Waals surface area contributed by atoms with Crippen LogP contribution in [0, 0.1) is 5.92 Å². The first-order chi connectivity index (χ1) is 11.8. The molecule has 0 spiro atoms. The van der Waals surface area contributed by atoms with E-state index in [2.05, 4.69) is 53.9 Å². The van der Waals surface area contributed by atoms with Crippen molar-refractivity contribution in [2.45, 2.75) is 52.0 Å². The molecule has 1 aliphatic rings. The Morgan fingerprint density at radius 2 is 2.16 bits per heavy atom. The van der Waals surface area contributed by atoms with Gasteiger partial charge in [0.15, 0.2) is 5.96 Å². The van der Waals surface area contributed by atoms with Crippen LogP contribution in [-0.4, -0.2) is 44.1 Å². The molecule has 0 aliphatic carbocycles. The van der Waals surface area contributed by atoms with Gasteiger partial charge in [-0.05, 0) is 57.1 Å². The molecule has 1 aliphatic heterocycles. The number of rotatable bonds is 8. The Morgan fingerprint density at radius 1 is 1.32 bits per heavy atom. The molecule has 1 saturated heterocycles. The van der Waals surface area contributed by atoms with Gasteiger partial charge in [0.25, 0.3) is 0 Å². The molecule has 2 N–H and O–H groups in total. The first-order valence-corrected chi connectivity index (χ1v) is 10.4. The molecule has 25 heavy (non-hydrogen) atoms. The van der Waals surface area contributed by atoms with Crippen LogP contribution in [0.2, 0.25) is 0 Å². The Bertz CT molecular complexity index is 478. The van der Waals surface area contributed by atoms with Gasteiger partial charge in [-0.1, -0.05) is 25.8 Å². The first-order valence-electron chi connectivity index (χ1n) is 9.52. The minimum Gasteiger partial charge on any atom is -0.357 e. The number of guanidine groups is 1. The number of unbranched alkanes of at least 4 members (excludes halogenated alkanes) is 2. The van der Waals surface area contributed by atoms with Crippen LogP contribution in [-0.2, 0) is 0 Å². The van der Waals surface area contributed by atoms with Gasteiger partial charge in [0.2, 0.25) is 0 Å². The van der Waals surface area contributed by atoms with Crippen molar-refractivity contribution >= 4 is 41.3 Å². The van der Waals surface area contributed by atoms with E-state index in [0.29, 0.717) is 12.0 Å². The first kappa shape index (κ1) is 22.7. The van der Waals surface area contributed by atoms with Crippen LogP contribution in [0.5, 0.6) is 0 Å². The van der Waals surface area contributed by atoms with Gasteiger partial charge in [-0.2, -0.15) is 0 Å². The molecule has 2 atom stereocenters. The molecule has 2 heterocycles. The summed E-state index contributed by atoms with van der Waals surface area (Å²) in [5, 5.41) is 9.06. The fourth-order valence-electron chi connectivity index (χ4n) is 3.49. The molecular formula is C19H35IN4S. The largest absolute Gasteiger partial charge is 0.357 e. The van der Waals surface area contributed by atoms with Gasteiger partial charge in [0, 0.05) is 30.6 Å². The predicted octanol–water partition coefficient (Wildman–Crippen LogP) is 4.49. The molecule has 2 rings (SSSR count). The normalized spacial score (nSPS) is 21.6. The summed E-state index contributed by atoms with van der Waals surface area (Å²) in [6.07, 6.45) is 6.29. The van der Waals surface area contributed by atoms with Crippen molar-refractivity contribution in [2.75, 3.05) is 33.2 Å². The summed E-state index contributed by atoms with van der Waals surface area (Å²) in [5.74, 6) is 1.58. The van der Waals surface area contributed by atoms with Gasteiger partial charge in [-0.3, -0.25) is 9.89 Å². The third-order valence-corrected chi connectivity index (χ3v) is 5.69. The average Bonchev–Trinajstić information content (AvgIpc) is 3.10. The monoisotopic (exact) mass is 478 g/mol. The smallest absolute Gasteiger partial charge is 0.191 e. The minimum absolute atomic E-state index is 0. The number of halogens is 1. The van der Waals surface area contributed by atoms with Crippen LogP contribution < -0.4 is 10.6 Å². The molecule has 1 aromatic rings. The fourth-order valence-corrected chi connectivity index (χ4v) is 4.48. The SMILES string of the molecule is CCCCCNC(=NCC1CCCN(C)C1c1cccs1)NCC.I. The summed E-state index contributed by atoms with van der Waals surface area (Å²) >= 11 is 1.88. The van der Waals surface area contributed by atoms with E-state index in [1.54, 1.807) is 0 Å². The summed E-state index contributed by atoms with van der Waals surface area (Å²) in [4.78, 5) is 8.90. The van der Waals surface area contributed by atoms with E-state index in [-0.39, 0.29) is 24.0 Å². The zero-order valence-corrected chi connectivity index (χ0v) is 19.1. The van der Waals surface area contributed by atoms with Crippen LogP contribution in [0.15, 0.2) is 22.5 Å². The molecular weight excluding hydrogens is 443 g/mol. The number of thiophene rings is 1. The van der Waals surface area contributed by atoms with Crippen molar-refractivity contribution in [1.82, 2.24) is 15.5 Å². The number of likely N-dealkylation sites (tertiary alicyclic amines) is 1. The second-order valence-corrected chi connectivity index (χ2v) is 7.68. The van der Waals surface area contributed by atoms with Gasteiger partial charge in [0.1, 0.15) is 0 Å². The molecule has 0 saturated carbocycles. The van der Waals surface area contributed by atoms with Crippen molar-refractivity contribution in [2.24, 2.45) is 10.9 Å². The van der Waals surface area contributed by atoms with Crippen molar-refractivity contribution in [1.29, 1.82) is 0 Å². The van der Waals surface area contributed by atoms with E-state index in [9.17, 15) is 0 Å². The molecule has 0 bridgehead atoms. The maximum atomic E-state index is 4.90. The molecule has 6 heteroatoms. The second-order valence-electron chi connectivity index (χ2n) is 6.70. The van der Waals surface area contributed by atoms with E-state index >= 15 is 0 Å². The highest BCUT2D eigenvalue weighted by Gasteiger charge is 2.30. The standard InChI is InChI=1S/C19H34N4S.HI/c1-4-6-7-12-21-19(20-5-2)22-15-16-10-8-13-23(3)18(16)17-11-9-14-24-17;/h9,11,14,16,18H,4-8,10,12-13,15H2,1-3H3,(H2,20,21,22);1H. The predicted molar refractivity (Wildman–Crippen MR) is 121 cm³/mol. The molecule has 0 aromatic carbocycles. The van der Waals surface area contributed by atoms with Crippen LogP contribution in [0.3, 0.4) is 0 Å². The molecule has 0 radical (unpaired) electrons. The van der Waals surface area contributed by atoms with Crippen molar-refractivity contribution < 1.29 is 0 Å². The Kier molecular flexibility index (Phi) is 11.7. The minimum atomic E-state index is 0. The molecule has 0 amide bonds. The fraction of sp³-hybridized carbons (Fsp3) is 0.737. The van der Waals surface area contributed by atoms with Crippen LogP contribution >= 0.6 is 35.3 Å². The lowest BCUT2D eigenvalue weighted by Gasteiger charge is -2.38. The second kappa shape index (κ2) is 12.9. The van der Waals surface area contributed by atoms with Gasteiger partial charge >= 0.3 is 0 Å². The lowest BCUT2D eigenvalue weighted by atomic mass is 9.88. The molecule has 2 unspecified atom stereocenters. The van der Waals surface area contributed by atoms with Gasteiger partial charge in [-0.15, -0.1) is 35.3 Å². The molecule has 4 nitrogen and oxygen atoms in total. The highest BCUT2D eigenvalue weighted by molar-refractivity contribution is 14.0. The highest BCUT2D eigenvalue weighted by Crippen LogP contribution is 2.37. The zero-order chi connectivity index (χ0) is 17.2. The van der Waals surface area contributed by atoms with Crippen LogP contribution in [0.1, 0.15) is 56.9 Å². The van der Waals surface area contributed by atoms with Gasteiger partial charge < -0.3 is 10.6 Å². The number of piperidine rings is 1. The summed E-state index contributed by atoms with van der Waals surface area (Å²) in [6, 6.07) is 4.97. The quantitative estimate of drug-likeness (QED) is 0.250. The zero-order valence-electron chi connectivity index (χ0n) is 16.0. The maximum Gasteiger partial charge on any atom is 0.191 e. The maximum absolute atomic E-state index is 4.90. The Balaban J connectivity index is 0.00000312. The van der Waals surface area contributed by atoms with E-state index in [4.69, 9.17) is 4.99 Å². The summed E-state index contributed by atoms with van der Waals surface area (Å²) in [5.41, 5.74) is 0. The van der Waals surface area contributed by atoms with Crippen molar-refractivity contribution in [3.63, 3.8) is 0 Å². The van der Waals surface area contributed by atoms with Crippen LogP contribution in [0.25, 0.3) is 0 Å². The third kappa shape index (κ3) is 7.43. The van der Waals surface area contributed by atoms with E-state index in [1.165, 1.54) is 43.5 Å². The number of nitrogens with zero attached hydrogens (tertiary/aromatic N) is 2. The summed E-state index contributed by atoms with van der Waals surface area (Å²) < 4.78 is 0. The van der Waals surface area contributed by atoms with E-state index in [0.717, 1.165) is 25.6 Å². The number of hydrogen-bond acceptors (Lipinski definition) is 3. The van der Waals surface area contributed by atoms with Crippen LogP contribution in [0.4, 0.5) is 0 Å². The Labute approximate surface area is 174 Å². The van der Waals surface area contributed by atoms with Gasteiger partial charge in [0.05, 0.1) is 0 Å². The number of hydrogen-bond donors (Lipinski definition) is 2.